The maximum atomic E-state index is 14.5. The monoisotopic (exact) mass is 386 g/mol. The predicted octanol–water partition coefficient (Wildman–Crippen LogP) is 4.22. The first-order valence-electron chi connectivity index (χ1n) is 8.23. The lowest BCUT2D eigenvalue weighted by molar-refractivity contribution is -0.156. The fourth-order valence-electron chi connectivity index (χ4n) is 2.20. The van der Waals surface area contributed by atoms with Crippen molar-refractivity contribution >= 4 is 23.0 Å². The molecule has 2 atom stereocenters. The largest absolute Gasteiger partial charge is 0.598 e. The minimum absolute atomic E-state index is 0.0140. The SMILES string of the molecule is CC(C)(C)OC(=O)C[C@](C)(N[S+]([O-])C(C)(C)C)c1cc(N=O)ccc1F. The van der Waals surface area contributed by atoms with Crippen LogP contribution >= 0.6 is 0 Å². The summed E-state index contributed by atoms with van der Waals surface area (Å²) in [6.07, 6.45) is -0.272. The van der Waals surface area contributed by atoms with Crippen LogP contribution in [0.1, 0.15) is 60.5 Å². The smallest absolute Gasteiger partial charge is 0.308 e. The highest BCUT2D eigenvalue weighted by Crippen LogP contribution is 2.33. The Morgan fingerprint density at radius 2 is 1.81 bits per heavy atom. The molecule has 0 radical (unpaired) electrons. The zero-order valence-electron chi connectivity index (χ0n) is 16.3. The van der Waals surface area contributed by atoms with Gasteiger partial charge in [0.05, 0.1) is 12.0 Å². The molecule has 0 fully saturated rings. The van der Waals surface area contributed by atoms with E-state index in [1.807, 2.05) is 0 Å². The van der Waals surface area contributed by atoms with Crippen LogP contribution in [-0.2, 0) is 26.4 Å². The second-order valence-corrected chi connectivity index (χ2v) is 10.3. The normalized spacial score (nSPS) is 15.9. The highest BCUT2D eigenvalue weighted by Gasteiger charge is 2.41. The Labute approximate surface area is 157 Å². The summed E-state index contributed by atoms with van der Waals surface area (Å²) >= 11 is -1.60. The number of carbonyl (C=O) groups excluding carboxylic acids is 1. The van der Waals surface area contributed by atoms with Crippen LogP contribution < -0.4 is 4.72 Å². The van der Waals surface area contributed by atoms with Crippen LogP contribution in [0.4, 0.5) is 10.1 Å². The van der Waals surface area contributed by atoms with Gasteiger partial charge in [-0.2, -0.15) is 0 Å². The molecule has 1 unspecified atom stereocenters. The Hall–Kier alpha value is -1.51. The molecule has 0 aliphatic carbocycles. The van der Waals surface area contributed by atoms with E-state index >= 15 is 0 Å². The van der Waals surface area contributed by atoms with Gasteiger partial charge in [0.15, 0.2) is 0 Å². The van der Waals surface area contributed by atoms with Crippen molar-refractivity contribution in [3.8, 4) is 0 Å². The van der Waals surface area contributed by atoms with Crippen LogP contribution in [0.5, 0.6) is 0 Å². The van der Waals surface area contributed by atoms with E-state index in [9.17, 15) is 18.6 Å². The zero-order chi connectivity index (χ0) is 20.3. The molecule has 1 N–H and O–H groups in total. The number of esters is 1. The summed E-state index contributed by atoms with van der Waals surface area (Å²) in [6.45, 7) is 12.0. The predicted molar refractivity (Wildman–Crippen MR) is 101 cm³/mol. The first kappa shape index (κ1) is 22.5. The van der Waals surface area contributed by atoms with E-state index in [-0.39, 0.29) is 17.7 Å². The molecule has 0 saturated carbocycles. The summed E-state index contributed by atoms with van der Waals surface area (Å²) in [4.78, 5) is 23.2. The molecule has 26 heavy (non-hydrogen) atoms. The number of benzene rings is 1. The van der Waals surface area contributed by atoms with E-state index < -0.39 is 39.0 Å². The van der Waals surface area contributed by atoms with Gasteiger partial charge in [0, 0.05) is 16.9 Å². The Morgan fingerprint density at radius 3 is 2.27 bits per heavy atom. The average Bonchev–Trinajstić information content (AvgIpc) is 2.44. The van der Waals surface area contributed by atoms with Crippen molar-refractivity contribution in [1.82, 2.24) is 4.72 Å². The number of nitrogens with zero attached hydrogens (tertiary/aromatic N) is 1. The minimum atomic E-state index is -1.60. The van der Waals surface area contributed by atoms with Gasteiger partial charge in [0.1, 0.15) is 21.9 Å². The van der Waals surface area contributed by atoms with Crippen LogP contribution in [0, 0.1) is 10.7 Å². The van der Waals surface area contributed by atoms with Crippen molar-refractivity contribution in [3.05, 3.63) is 34.5 Å². The molecule has 0 aliphatic rings. The van der Waals surface area contributed by atoms with Crippen LogP contribution in [0.25, 0.3) is 0 Å². The number of ether oxygens (including phenoxy) is 1. The van der Waals surface area contributed by atoms with E-state index in [1.54, 1.807) is 48.5 Å². The average molecular weight is 386 g/mol. The highest BCUT2D eigenvalue weighted by atomic mass is 32.2. The Bertz CT molecular complexity index is 670. The quantitative estimate of drug-likeness (QED) is 0.449. The number of halogens is 1. The lowest BCUT2D eigenvalue weighted by atomic mass is 9.89. The second kappa shape index (κ2) is 8.02. The molecule has 1 aromatic carbocycles. The topological polar surface area (TPSA) is 90.8 Å². The van der Waals surface area contributed by atoms with Gasteiger partial charge in [-0.15, -0.1) is 9.63 Å². The first-order valence-corrected chi connectivity index (χ1v) is 9.38. The number of rotatable bonds is 6. The third-order valence-corrected chi connectivity index (χ3v) is 5.19. The van der Waals surface area contributed by atoms with Gasteiger partial charge in [-0.1, -0.05) is 0 Å². The molecule has 146 valence electrons. The van der Waals surface area contributed by atoms with Gasteiger partial charge in [-0.05, 0) is 71.8 Å². The molecule has 6 nitrogen and oxygen atoms in total. The van der Waals surface area contributed by atoms with E-state index in [2.05, 4.69) is 9.90 Å². The van der Waals surface area contributed by atoms with E-state index in [4.69, 9.17) is 4.74 Å². The standard InChI is InChI=1S/C18H27FN2O4S/c1-16(2,3)25-15(22)11-18(7,21-26(24)17(4,5)6)13-10-12(20-23)8-9-14(13)19/h8-10,21H,11H2,1-7H3/t18-,26?/m0/s1. The van der Waals surface area contributed by atoms with Crippen LogP contribution in [0.15, 0.2) is 23.4 Å². The lowest BCUT2D eigenvalue weighted by Gasteiger charge is -2.35. The molecular weight excluding hydrogens is 359 g/mol. The number of nitroso groups, excluding NO2 is 1. The van der Waals surface area contributed by atoms with Crippen molar-refractivity contribution in [3.63, 3.8) is 0 Å². The first-order chi connectivity index (χ1) is 11.7. The third-order valence-electron chi connectivity index (χ3n) is 3.44. The van der Waals surface area contributed by atoms with Gasteiger partial charge in [0.2, 0.25) is 0 Å². The minimum Gasteiger partial charge on any atom is -0.598 e. The summed E-state index contributed by atoms with van der Waals surface area (Å²) < 4.78 is 34.7. The van der Waals surface area contributed by atoms with Crippen molar-refractivity contribution in [2.45, 2.75) is 70.8 Å². The number of carbonyl (C=O) groups is 1. The molecule has 0 saturated heterocycles. The molecule has 0 bridgehead atoms. The highest BCUT2D eigenvalue weighted by molar-refractivity contribution is 7.90. The fraction of sp³-hybridized carbons (Fsp3) is 0.611. The molecule has 8 heteroatoms. The molecule has 0 aromatic heterocycles. The molecule has 0 amide bonds. The van der Waals surface area contributed by atoms with Gasteiger partial charge >= 0.3 is 5.97 Å². The van der Waals surface area contributed by atoms with Gasteiger partial charge in [-0.25, -0.2) is 4.39 Å². The van der Waals surface area contributed by atoms with Crippen molar-refractivity contribution in [1.29, 1.82) is 0 Å². The molecule has 0 heterocycles. The zero-order valence-corrected chi connectivity index (χ0v) is 17.1. The molecule has 0 spiro atoms. The van der Waals surface area contributed by atoms with Gasteiger partial charge < -0.3 is 9.29 Å². The summed E-state index contributed by atoms with van der Waals surface area (Å²) in [6, 6.07) is 3.58. The van der Waals surface area contributed by atoms with Crippen LogP contribution in [-0.4, -0.2) is 20.9 Å². The summed E-state index contributed by atoms with van der Waals surface area (Å²) in [5.74, 6) is -1.22. The van der Waals surface area contributed by atoms with Crippen molar-refractivity contribution in [2.24, 2.45) is 5.18 Å². The lowest BCUT2D eigenvalue weighted by Crippen LogP contribution is -2.51. The van der Waals surface area contributed by atoms with Crippen LogP contribution in [0.2, 0.25) is 0 Å². The fourth-order valence-corrected chi connectivity index (χ4v) is 3.10. The molecule has 1 rings (SSSR count). The molecule has 1 aromatic rings. The van der Waals surface area contributed by atoms with Crippen molar-refractivity contribution < 1.29 is 18.5 Å². The van der Waals surface area contributed by atoms with Crippen LogP contribution in [0.3, 0.4) is 0 Å². The summed E-state index contributed by atoms with van der Waals surface area (Å²) in [5, 5.41) is 2.82. The Kier molecular flexibility index (Phi) is 6.95. The number of hydrogen-bond donors (Lipinski definition) is 1. The summed E-state index contributed by atoms with van der Waals surface area (Å²) in [5.41, 5.74) is -2.03. The van der Waals surface area contributed by atoms with Gasteiger partial charge in [-0.3, -0.25) is 4.79 Å². The maximum absolute atomic E-state index is 14.5. The van der Waals surface area contributed by atoms with E-state index in [1.165, 1.54) is 12.1 Å². The summed E-state index contributed by atoms with van der Waals surface area (Å²) in [7, 11) is 0. The maximum Gasteiger partial charge on any atom is 0.308 e. The molecule has 0 aliphatic heterocycles. The molecular formula is C18H27FN2O4S. The number of hydrogen-bond acceptors (Lipinski definition) is 6. The van der Waals surface area contributed by atoms with Gasteiger partial charge in [0.25, 0.3) is 0 Å². The second-order valence-electron chi connectivity index (χ2n) is 8.33. The van der Waals surface area contributed by atoms with E-state index in [0.717, 1.165) is 6.07 Å². The van der Waals surface area contributed by atoms with Crippen molar-refractivity contribution in [2.75, 3.05) is 0 Å². The Balaban J connectivity index is 3.33. The Morgan fingerprint density at radius 1 is 1.23 bits per heavy atom. The van der Waals surface area contributed by atoms with E-state index in [0.29, 0.717) is 0 Å². The number of nitrogens with one attached hydrogen (secondary N) is 1. The third kappa shape index (κ3) is 6.34.